The van der Waals surface area contributed by atoms with Crippen molar-refractivity contribution in [2.45, 2.75) is 25.7 Å². The summed E-state index contributed by atoms with van der Waals surface area (Å²) in [6.07, 6.45) is 5.18. The third kappa shape index (κ3) is 1.02. The molecule has 1 aliphatic carbocycles. The van der Waals surface area contributed by atoms with Crippen molar-refractivity contribution in [1.82, 2.24) is 0 Å². The van der Waals surface area contributed by atoms with Crippen LogP contribution in [0.5, 0.6) is 0 Å². The Labute approximate surface area is 54.2 Å². The van der Waals surface area contributed by atoms with Gasteiger partial charge in [-0.05, 0) is 12.8 Å². The molecule has 2 nitrogen and oxygen atoms in total. The van der Waals surface area contributed by atoms with Gasteiger partial charge in [0.1, 0.15) is 12.6 Å². The molecule has 0 amide bonds. The maximum atomic E-state index is 10.3. The lowest BCUT2D eigenvalue weighted by Gasteiger charge is -2.10. The molecule has 1 rings (SSSR count). The Morgan fingerprint density at radius 1 is 1.00 bits per heavy atom. The van der Waals surface area contributed by atoms with Crippen molar-refractivity contribution in [1.29, 1.82) is 0 Å². The summed E-state index contributed by atoms with van der Waals surface area (Å²) in [4.78, 5) is 20.7. The number of aldehydes is 2. The topological polar surface area (TPSA) is 34.1 Å². The van der Waals surface area contributed by atoms with Crippen LogP contribution in [-0.2, 0) is 9.59 Å². The van der Waals surface area contributed by atoms with Crippen LogP contribution in [0, 0.1) is 5.41 Å². The van der Waals surface area contributed by atoms with E-state index in [1.54, 1.807) is 0 Å². The molecule has 0 aromatic carbocycles. The highest BCUT2D eigenvalue weighted by atomic mass is 16.1. The van der Waals surface area contributed by atoms with Crippen LogP contribution in [0.2, 0.25) is 0 Å². The normalized spacial score (nSPS) is 23.6. The molecule has 0 bridgehead atoms. The molecule has 0 aliphatic heterocycles. The van der Waals surface area contributed by atoms with Gasteiger partial charge in [-0.2, -0.15) is 0 Å². The van der Waals surface area contributed by atoms with Gasteiger partial charge < -0.3 is 9.59 Å². The van der Waals surface area contributed by atoms with Crippen LogP contribution in [0.15, 0.2) is 0 Å². The summed E-state index contributed by atoms with van der Waals surface area (Å²) in [6, 6.07) is 0. The van der Waals surface area contributed by atoms with Gasteiger partial charge in [-0.15, -0.1) is 0 Å². The van der Waals surface area contributed by atoms with Crippen LogP contribution in [0.1, 0.15) is 25.7 Å². The van der Waals surface area contributed by atoms with Crippen LogP contribution >= 0.6 is 0 Å². The molecule has 0 unspecified atom stereocenters. The molecule has 1 fully saturated rings. The van der Waals surface area contributed by atoms with E-state index in [2.05, 4.69) is 0 Å². The third-order valence-corrected chi connectivity index (χ3v) is 2.00. The van der Waals surface area contributed by atoms with Crippen molar-refractivity contribution in [2.75, 3.05) is 0 Å². The highest BCUT2D eigenvalue weighted by Gasteiger charge is 2.32. The Balaban J connectivity index is 2.66. The van der Waals surface area contributed by atoms with E-state index in [0.717, 1.165) is 38.3 Å². The summed E-state index contributed by atoms with van der Waals surface area (Å²) in [5.41, 5.74) is -0.583. The number of hydrogen-bond donors (Lipinski definition) is 0. The molecule has 1 saturated carbocycles. The highest BCUT2D eigenvalue weighted by molar-refractivity contribution is 5.83. The standard InChI is InChI=1S/C7H10O2/c8-5-7(6-9)3-1-2-4-7/h5-6H,1-4H2. The molecule has 0 aromatic heterocycles. The maximum Gasteiger partial charge on any atom is 0.133 e. The van der Waals surface area contributed by atoms with Gasteiger partial charge in [0.15, 0.2) is 0 Å². The Hall–Kier alpha value is -0.660. The van der Waals surface area contributed by atoms with Crippen LogP contribution in [0.3, 0.4) is 0 Å². The Morgan fingerprint density at radius 3 is 1.67 bits per heavy atom. The lowest BCUT2D eigenvalue weighted by atomic mass is 9.90. The zero-order valence-electron chi connectivity index (χ0n) is 5.30. The Bertz CT molecular complexity index is 113. The van der Waals surface area contributed by atoms with Crippen molar-refractivity contribution >= 4 is 12.6 Å². The average Bonchev–Trinajstić information content (AvgIpc) is 2.36. The van der Waals surface area contributed by atoms with Gasteiger partial charge in [-0.1, -0.05) is 12.8 Å². The second kappa shape index (κ2) is 2.29. The molecule has 0 atom stereocenters. The lowest BCUT2D eigenvalue weighted by Crippen LogP contribution is -2.19. The number of carbonyl (C=O) groups is 2. The molecular formula is C7H10O2. The fourth-order valence-corrected chi connectivity index (χ4v) is 1.30. The van der Waals surface area contributed by atoms with Crippen LogP contribution < -0.4 is 0 Å². The van der Waals surface area contributed by atoms with Crippen LogP contribution in [-0.4, -0.2) is 12.6 Å². The highest BCUT2D eigenvalue weighted by Crippen LogP contribution is 2.33. The van der Waals surface area contributed by atoms with Gasteiger partial charge in [-0.25, -0.2) is 0 Å². The minimum Gasteiger partial charge on any atom is -0.302 e. The predicted octanol–water partition coefficient (Wildman–Crippen LogP) is 0.945. The number of hydrogen-bond acceptors (Lipinski definition) is 2. The molecule has 0 saturated heterocycles. The van der Waals surface area contributed by atoms with E-state index in [0.29, 0.717) is 0 Å². The Morgan fingerprint density at radius 2 is 1.44 bits per heavy atom. The predicted molar refractivity (Wildman–Crippen MR) is 33.0 cm³/mol. The van der Waals surface area contributed by atoms with Crippen LogP contribution in [0.4, 0.5) is 0 Å². The van der Waals surface area contributed by atoms with Crippen molar-refractivity contribution in [2.24, 2.45) is 5.41 Å². The summed E-state index contributed by atoms with van der Waals surface area (Å²) in [5, 5.41) is 0. The quantitative estimate of drug-likeness (QED) is 0.407. The van der Waals surface area contributed by atoms with E-state index >= 15 is 0 Å². The number of carbonyl (C=O) groups excluding carboxylic acids is 2. The zero-order valence-corrected chi connectivity index (χ0v) is 5.30. The molecular weight excluding hydrogens is 116 g/mol. The first-order chi connectivity index (χ1) is 4.33. The van der Waals surface area contributed by atoms with Gasteiger partial charge in [0.25, 0.3) is 0 Å². The van der Waals surface area contributed by atoms with Gasteiger partial charge >= 0.3 is 0 Å². The molecule has 2 heteroatoms. The van der Waals surface area contributed by atoms with Crippen molar-refractivity contribution in [3.05, 3.63) is 0 Å². The summed E-state index contributed by atoms with van der Waals surface area (Å²) in [5.74, 6) is 0. The van der Waals surface area contributed by atoms with E-state index < -0.39 is 5.41 Å². The molecule has 0 heterocycles. The van der Waals surface area contributed by atoms with E-state index in [4.69, 9.17) is 0 Å². The molecule has 0 N–H and O–H groups in total. The maximum absolute atomic E-state index is 10.3. The fraction of sp³-hybridized carbons (Fsp3) is 0.714. The summed E-state index contributed by atoms with van der Waals surface area (Å²) < 4.78 is 0. The Kier molecular flexibility index (Phi) is 1.65. The van der Waals surface area contributed by atoms with Gasteiger partial charge in [0, 0.05) is 0 Å². The van der Waals surface area contributed by atoms with E-state index in [1.807, 2.05) is 0 Å². The summed E-state index contributed by atoms with van der Waals surface area (Å²) in [6.45, 7) is 0. The van der Waals surface area contributed by atoms with Crippen LogP contribution in [0.25, 0.3) is 0 Å². The summed E-state index contributed by atoms with van der Waals surface area (Å²) in [7, 11) is 0. The lowest BCUT2D eigenvalue weighted by molar-refractivity contribution is -0.125. The first kappa shape index (κ1) is 6.46. The van der Waals surface area contributed by atoms with E-state index in [9.17, 15) is 9.59 Å². The summed E-state index contributed by atoms with van der Waals surface area (Å²) >= 11 is 0. The van der Waals surface area contributed by atoms with Crippen molar-refractivity contribution < 1.29 is 9.59 Å². The second-order valence-corrected chi connectivity index (χ2v) is 2.68. The van der Waals surface area contributed by atoms with Gasteiger partial charge in [0.05, 0.1) is 5.41 Å². The van der Waals surface area contributed by atoms with Crippen molar-refractivity contribution in [3.63, 3.8) is 0 Å². The largest absolute Gasteiger partial charge is 0.302 e. The molecule has 0 spiro atoms. The molecule has 0 aromatic rings. The molecule has 0 radical (unpaired) electrons. The van der Waals surface area contributed by atoms with Gasteiger partial charge in [0.2, 0.25) is 0 Å². The SMILES string of the molecule is O=CC1(C=O)CCCC1. The third-order valence-electron chi connectivity index (χ3n) is 2.00. The molecule has 1 aliphatic rings. The second-order valence-electron chi connectivity index (χ2n) is 2.68. The van der Waals surface area contributed by atoms with Crippen molar-refractivity contribution in [3.8, 4) is 0 Å². The zero-order chi connectivity index (χ0) is 6.74. The number of rotatable bonds is 2. The first-order valence-corrected chi connectivity index (χ1v) is 3.26. The fourth-order valence-electron chi connectivity index (χ4n) is 1.30. The molecule has 50 valence electrons. The first-order valence-electron chi connectivity index (χ1n) is 3.26. The van der Waals surface area contributed by atoms with E-state index in [-0.39, 0.29) is 0 Å². The average molecular weight is 126 g/mol. The van der Waals surface area contributed by atoms with Gasteiger partial charge in [-0.3, -0.25) is 0 Å². The smallest absolute Gasteiger partial charge is 0.133 e. The van der Waals surface area contributed by atoms with E-state index in [1.165, 1.54) is 0 Å². The minimum absolute atomic E-state index is 0.583. The monoisotopic (exact) mass is 126 g/mol. The molecule has 9 heavy (non-hydrogen) atoms. The minimum atomic E-state index is -0.583.